The maximum atomic E-state index is 6.13. The Morgan fingerprint density at radius 1 is 0.708 bits per heavy atom. The summed E-state index contributed by atoms with van der Waals surface area (Å²) in [6, 6.07) is 22.0. The van der Waals surface area contributed by atoms with Crippen LogP contribution in [0.15, 0.2) is 71.1 Å². The predicted octanol–water partition coefficient (Wildman–Crippen LogP) is 5.85. The zero-order valence-electron chi connectivity index (χ0n) is 12.5. The van der Waals surface area contributed by atoms with E-state index in [0.717, 1.165) is 44.1 Å². The van der Waals surface area contributed by atoms with Crippen molar-refractivity contribution in [3.05, 3.63) is 72.0 Å². The minimum Gasteiger partial charge on any atom is -0.456 e. The maximum absolute atomic E-state index is 6.13. The van der Waals surface area contributed by atoms with Gasteiger partial charge in [0.15, 0.2) is 0 Å². The number of aromatic nitrogens is 2. The third-order valence-corrected chi connectivity index (χ3v) is 4.40. The smallest absolute Gasteiger partial charge is 0.223 e. The molecule has 0 N–H and O–H groups in total. The molecule has 2 aromatic heterocycles. The Kier molecular flexibility index (Phi) is 2.84. The fourth-order valence-corrected chi connectivity index (χ4v) is 3.32. The zero-order chi connectivity index (χ0) is 16.1. The minimum absolute atomic E-state index is 0.251. The molecule has 0 aliphatic carbocycles. The first kappa shape index (κ1) is 13.5. The topological polar surface area (TPSA) is 38.9 Å². The third-order valence-electron chi connectivity index (χ3n) is 4.23. The lowest BCUT2D eigenvalue weighted by Crippen LogP contribution is -1.91. The van der Waals surface area contributed by atoms with Crippen LogP contribution in [-0.2, 0) is 0 Å². The second-order valence-corrected chi connectivity index (χ2v) is 6.01. The molecule has 2 heterocycles. The summed E-state index contributed by atoms with van der Waals surface area (Å²) < 4.78 is 5.90. The standard InChI is InChI=1S/C20H11ClN2O/c21-20-22-16-7-3-1-6-14(16)19(23-20)12-9-10-18-15(11-12)13-5-2-4-8-17(13)24-18/h1-11H. The second kappa shape index (κ2) is 5.05. The highest BCUT2D eigenvalue weighted by Gasteiger charge is 2.12. The average Bonchev–Trinajstić information content (AvgIpc) is 2.99. The number of halogens is 1. The number of hydrogen-bond acceptors (Lipinski definition) is 3. The Bertz CT molecular complexity index is 1230. The van der Waals surface area contributed by atoms with Crippen LogP contribution in [0.5, 0.6) is 0 Å². The quantitative estimate of drug-likeness (QED) is 0.362. The van der Waals surface area contributed by atoms with E-state index in [2.05, 4.69) is 22.1 Å². The summed E-state index contributed by atoms with van der Waals surface area (Å²) in [5, 5.41) is 3.40. The van der Waals surface area contributed by atoms with Gasteiger partial charge in [-0.15, -0.1) is 0 Å². The van der Waals surface area contributed by atoms with Gasteiger partial charge in [0.1, 0.15) is 11.2 Å². The number of furan rings is 1. The fourth-order valence-electron chi connectivity index (χ4n) is 3.14. The molecule has 0 fully saturated rings. The number of para-hydroxylation sites is 2. The molecule has 0 spiro atoms. The van der Waals surface area contributed by atoms with Crippen molar-refractivity contribution in [3.63, 3.8) is 0 Å². The summed E-state index contributed by atoms with van der Waals surface area (Å²) in [7, 11) is 0. The van der Waals surface area contributed by atoms with Gasteiger partial charge >= 0.3 is 0 Å². The monoisotopic (exact) mass is 330 g/mol. The molecule has 0 radical (unpaired) electrons. The molecular weight excluding hydrogens is 320 g/mol. The van der Waals surface area contributed by atoms with Gasteiger partial charge < -0.3 is 4.42 Å². The highest BCUT2D eigenvalue weighted by atomic mass is 35.5. The SMILES string of the molecule is Clc1nc(-c2ccc3oc4ccccc4c3c2)c2ccccc2n1. The van der Waals surface area contributed by atoms with Gasteiger partial charge in [-0.1, -0.05) is 36.4 Å². The van der Waals surface area contributed by atoms with Crippen LogP contribution in [0, 0.1) is 0 Å². The zero-order valence-corrected chi connectivity index (χ0v) is 13.3. The van der Waals surface area contributed by atoms with Crippen LogP contribution in [-0.4, -0.2) is 9.97 Å². The molecule has 4 heteroatoms. The Labute approximate surface area is 142 Å². The summed E-state index contributed by atoms with van der Waals surface area (Å²) in [4.78, 5) is 8.77. The molecule has 0 bridgehead atoms. The minimum atomic E-state index is 0.251. The lowest BCUT2D eigenvalue weighted by Gasteiger charge is -2.06. The van der Waals surface area contributed by atoms with Gasteiger partial charge in [-0.05, 0) is 41.9 Å². The maximum Gasteiger partial charge on any atom is 0.223 e. The van der Waals surface area contributed by atoms with E-state index in [4.69, 9.17) is 16.0 Å². The summed E-state index contributed by atoms with van der Waals surface area (Å²) in [5.41, 5.74) is 4.41. The molecular formula is C20H11ClN2O. The first-order valence-corrected chi connectivity index (χ1v) is 8.01. The van der Waals surface area contributed by atoms with Gasteiger partial charge in [-0.2, -0.15) is 0 Å². The van der Waals surface area contributed by atoms with E-state index in [1.165, 1.54) is 0 Å². The molecule has 114 valence electrons. The van der Waals surface area contributed by atoms with Crippen molar-refractivity contribution in [3.8, 4) is 11.3 Å². The van der Waals surface area contributed by atoms with Gasteiger partial charge in [0.2, 0.25) is 5.28 Å². The third kappa shape index (κ3) is 1.99. The van der Waals surface area contributed by atoms with E-state index in [1.807, 2.05) is 54.6 Å². The highest BCUT2D eigenvalue weighted by Crippen LogP contribution is 2.34. The first-order chi connectivity index (χ1) is 11.8. The number of fused-ring (bicyclic) bond motifs is 4. The highest BCUT2D eigenvalue weighted by molar-refractivity contribution is 6.29. The van der Waals surface area contributed by atoms with Gasteiger partial charge in [0.05, 0.1) is 11.2 Å². The lowest BCUT2D eigenvalue weighted by atomic mass is 10.0. The Morgan fingerprint density at radius 3 is 2.38 bits per heavy atom. The van der Waals surface area contributed by atoms with Gasteiger partial charge in [0, 0.05) is 21.7 Å². The molecule has 0 atom stereocenters. The first-order valence-electron chi connectivity index (χ1n) is 7.63. The average molecular weight is 331 g/mol. The molecule has 0 unspecified atom stereocenters. The molecule has 0 saturated heterocycles. The van der Waals surface area contributed by atoms with E-state index in [9.17, 15) is 0 Å². The second-order valence-electron chi connectivity index (χ2n) is 5.67. The molecule has 0 aliphatic heterocycles. The number of rotatable bonds is 1. The van der Waals surface area contributed by atoms with Crippen LogP contribution in [0.4, 0.5) is 0 Å². The van der Waals surface area contributed by atoms with Crippen molar-refractivity contribution in [2.24, 2.45) is 0 Å². The van der Waals surface area contributed by atoms with Crippen LogP contribution < -0.4 is 0 Å². The van der Waals surface area contributed by atoms with Crippen molar-refractivity contribution in [2.45, 2.75) is 0 Å². The Morgan fingerprint density at radius 2 is 1.46 bits per heavy atom. The normalized spacial score (nSPS) is 11.5. The van der Waals surface area contributed by atoms with E-state index in [-0.39, 0.29) is 5.28 Å². The van der Waals surface area contributed by atoms with Crippen LogP contribution >= 0.6 is 11.6 Å². The summed E-state index contributed by atoms with van der Waals surface area (Å²) in [6.45, 7) is 0. The summed E-state index contributed by atoms with van der Waals surface area (Å²) >= 11 is 6.13. The van der Waals surface area contributed by atoms with Crippen molar-refractivity contribution in [1.29, 1.82) is 0 Å². The van der Waals surface area contributed by atoms with Crippen molar-refractivity contribution >= 4 is 44.4 Å². The molecule has 3 aromatic carbocycles. The van der Waals surface area contributed by atoms with Gasteiger partial charge in [-0.3, -0.25) is 0 Å². The number of hydrogen-bond donors (Lipinski definition) is 0. The molecule has 5 aromatic rings. The molecule has 0 amide bonds. The molecule has 3 nitrogen and oxygen atoms in total. The summed E-state index contributed by atoms with van der Waals surface area (Å²) in [6.07, 6.45) is 0. The molecule has 0 aliphatic rings. The van der Waals surface area contributed by atoms with Gasteiger partial charge in [0.25, 0.3) is 0 Å². The van der Waals surface area contributed by atoms with E-state index >= 15 is 0 Å². The van der Waals surface area contributed by atoms with Crippen molar-refractivity contribution in [2.75, 3.05) is 0 Å². The molecule has 5 rings (SSSR count). The Balaban J connectivity index is 1.85. The molecule has 24 heavy (non-hydrogen) atoms. The van der Waals surface area contributed by atoms with Crippen LogP contribution in [0.1, 0.15) is 0 Å². The lowest BCUT2D eigenvalue weighted by molar-refractivity contribution is 0.669. The van der Waals surface area contributed by atoms with Crippen LogP contribution in [0.3, 0.4) is 0 Å². The van der Waals surface area contributed by atoms with Crippen LogP contribution in [0.2, 0.25) is 5.28 Å². The van der Waals surface area contributed by atoms with Crippen molar-refractivity contribution in [1.82, 2.24) is 9.97 Å². The van der Waals surface area contributed by atoms with E-state index < -0.39 is 0 Å². The Hall–Kier alpha value is -2.91. The van der Waals surface area contributed by atoms with Crippen molar-refractivity contribution < 1.29 is 4.42 Å². The van der Waals surface area contributed by atoms with Crippen LogP contribution in [0.25, 0.3) is 44.1 Å². The number of nitrogens with zero attached hydrogens (tertiary/aromatic N) is 2. The molecule has 0 saturated carbocycles. The predicted molar refractivity (Wildman–Crippen MR) is 97.3 cm³/mol. The fraction of sp³-hybridized carbons (Fsp3) is 0. The number of benzene rings is 3. The van der Waals surface area contributed by atoms with E-state index in [0.29, 0.717) is 0 Å². The summed E-state index contributed by atoms with van der Waals surface area (Å²) in [5.74, 6) is 0. The largest absolute Gasteiger partial charge is 0.456 e. The van der Waals surface area contributed by atoms with E-state index in [1.54, 1.807) is 0 Å². The van der Waals surface area contributed by atoms with Gasteiger partial charge in [-0.25, -0.2) is 9.97 Å².